The largest absolute Gasteiger partial charge is 0.321 e. The van der Waals surface area contributed by atoms with Crippen molar-refractivity contribution < 1.29 is 4.79 Å². The van der Waals surface area contributed by atoms with Crippen molar-refractivity contribution >= 4 is 27.5 Å². The Bertz CT molecular complexity index is 674. The molecule has 0 aliphatic rings. The molecule has 3 nitrogen and oxygen atoms in total. The van der Waals surface area contributed by atoms with Crippen molar-refractivity contribution in [2.24, 2.45) is 0 Å². The van der Waals surface area contributed by atoms with E-state index < -0.39 is 0 Å². The molecule has 19 heavy (non-hydrogen) atoms. The maximum absolute atomic E-state index is 12.2. The van der Waals surface area contributed by atoms with E-state index in [-0.39, 0.29) is 5.91 Å². The minimum Gasteiger partial charge on any atom is -0.321 e. The number of halogens is 1. The number of nitrogens with zero attached hydrogens (tertiary/aromatic N) is 1. The number of aryl methyl sites for hydroxylation is 1. The number of anilines is 1. The minimum atomic E-state index is -0.221. The first-order valence-corrected chi connectivity index (χ1v) is 6.48. The van der Waals surface area contributed by atoms with Gasteiger partial charge in [-0.3, -0.25) is 4.79 Å². The average Bonchev–Trinajstić information content (AvgIpc) is 2.42. The third kappa shape index (κ3) is 3.01. The highest BCUT2D eigenvalue weighted by Gasteiger charge is 2.11. The number of hydrogen-bond donors (Lipinski definition) is 1. The summed E-state index contributed by atoms with van der Waals surface area (Å²) in [6.45, 7) is 1.87. The monoisotopic (exact) mass is 314 g/mol. The molecule has 0 spiro atoms. The molecule has 94 valence electrons. The Morgan fingerprint density at radius 1 is 1.26 bits per heavy atom. The van der Waals surface area contributed by atoms with Crippen LogP contribution in [0.15, 0.2) is 46.9 Å². The number of hydrogen-bond acceptors (Lipinski definition) is 2. The molecule has 0 heterocycles. The molecule has 1 N–H and O–H groups in total. The Kier molecular flexibility index (Phi) is 3.98. The Balaban J connectivity index is 2.31. The summed E-state index contributed by atoms with van der Waals surface area (Å²) >= 11 is 3.35. The van der Waals surface area contributed by atoms with Crippen LogP contribution in [-0.2, 0) is 0 Å². The van der Waals surface area contributed by atoms with Gasteiger partial charge in [0.15, 0.2) is 0 Å². The van der Waals surface area contributed by atoms with Crippen molar-refractivity contribution in [2.45, 2.75) is 6.92 Å². The van der Waals surface area contributed by atoms with E-state index in [4.69, 9.17) is 5.26 Å². The Hall–Kier alpha value is -2.12. The van der Waals surface area contributed by atoms with Gasteiger partial charge in [0.2, 0.25) is 0 Å². The summed E-state index contributed by atoms with van der Waals surface area (Å²) in [5.41, 5.74) is 2.44. The summed E-state index contributed by atoms with van der Waals surface area (Å²) in [5.74, 6) is -0.221. The molecule has 0 saturated heterocycles. The van der Waals surface area contributed by atoms with Crippen LogP contribution in [0.2, 0.25) is 0 Å². The van der Waals surface area contributed by atoms with Gasteiger partial charge in [-0.1, -0.05) is 34.1 Å². The van der Waals surface area contributed by atoms with Crippen molar-refractivity contribution in [3.63, 3.8) is 0 Å². The Morgan fingerprint density at radius 3 is 2.74 bits per heavy atom. The van der Waals surface area contributed by atoms with Crippen LogP contribution >= 0.6 is 15.9 Å². The number of para-hydroxylation sites is 1. The van der Waals surface area contributed by atoms with Gasteiger partial charge >= 0.3 is 0 Å². The van der Waals surface area contributed by atoms with Gasteiger partial charge in [0.25, 0.3) is 5.91 Å². The van der Waals surface area contributed by atoms with Gasteiger partial charge in [0.1, 0.15) is 6.07 Å². The van der Waals surface area contributed by atoms with Crippen LogP contribution in [0, 0.1) is 18.3 Å². The van der Waals surface area contributed by atoms with Crippen molar-refractivity contribution in [3.05, 3.63) is 63.6 Å². The number of amides is 1. The van der Waals surface area contributed by atoms with Gasteiger partial charge in [-0.15, -0.1) is 0 Å². The fourth-order valence-electron chi connectivity index (χ4n) is 1.72. The van der Waals surface area contributed by atoms with Crippen molar-refractivity contribution in [2.75, 3.05) is 5.32 Å². The van der Waals surface area contributed by atoms with E-state index in [9.17, 15) is 4.79 Å². The summed E-state index contributed by atoms with van der Waals surface area (Å²) in [4.78, 5) is 12.2. The molecule has 2 aromatic carbocycles. The third-order valence-corrected chi connectivity index (χ3v) is 3.23. The van der Waals surface area contributed by atoms with E-state index >= 15 is 0 Å². The SMILES string of the molecule is Cc1ccc(Br)cc1C(=O)Nc1ccccc1C#N. The van der Waals surface area contributed by atoms with Crippen LogP contribution in [0.5, 0.6) is 0 Å². The lowest BCUT2D eigenvalue weighted by Crippen LogP contribution is -2.14. The second-order valence-electron chi connectivity index (χ2n) is 4.07. The molecule has 0 aromatic heterocycles. The second kappa shape index (κ2) is 5.68. The van der Waals surface area contributed by atoms with Crippen molar-refractivity contribution in [3.8, 4) is 6.07 Å². The number of nitriles is 1. The molecule has 0 radical (unpaired) electrons. The smallest absolute Gasteiger partial charge is 0.256 e. The quantitative estimate of drug-likeness (QED) is 0.914. The van der Waals surface area contributed by atoms with Crippen molar-refractivity contribution in [1.29, 1.82) is 5.26 Å². The molecule has 2 rings (SSSR count). The first-order chi connectivity index (χ1) is 9.11. The normalized spacial score (nSPS) is 9.74. The van der Waals surface area contributed by atoms with Gasteiger partial charge in [0.05, 0.1) is 11.3 Å². The van der Waals surface area contributed by atoms with Gasteiger partial charge in [-0.25, -0.2) is 0 Å². The molecule has 0 unspecified atom stereocenters. The molecule has 0 atom stereocenters. The van der Waals surface area contributed by atoms with Crippen LogP contribution in [0.4, 0.5) is 5.69 Å². The Labute approximate surface area is 120 Å². The fourth-order valence-corrected chi connectivity index (χ4v) is 2.08. The number of rotatable bonds is 2. The van der Waals surface area contributed by atoms with Crippen LogP contribution < -0.4 is 5.32 Å². The predicted octanol–water partition coefficient (Wildman–Crippen LogP) is 3.88. The van der Waals surface area contributed by atoms with Gasteiger partial charge in [-0.05, 0) is 36.8 Å². The van der Waals surface area contributed by atoms with Crippen LogP contribution in [-0.4, -0.2) is 5.91 Å². The molecule has 2 aromatic rings. The van der Waals surface area contributed by atoms with Crippen LogP contribution in [0.3, 0.4) is 0 Å². The van der Waals surface area contributed by atoms with E-state index in [1.165, 1.54) is 0 Å². The maximum atomic E-state index is 12.2. The number of benzene rings is 2. The highest BCUT2D eigenvalue weighted by atomic mass is 79.9. The fraction of sp³-hybridized carbons (Fsp3) is 0.0667. The summed E-state index contributed by atoms with van der Waals surface area (Å²) in [5, 5.41) is 11.8. The third-order valence-electron chi connectivity index (χ3n) is 2.74. The lowest BCUT2D eigenvalue weighted by atomic mass is 10.1. The molecule has 0 aliphatic heterocycles. The summed E-state index contributed by atoms with van der Waals surface area (Å²) < 4.78 is 0.844. The molecule has 0 fully saturated rings. The number of nitrogens with one attached hydrogen (secondary N) is 1. The van der Waals surface area contributed by atoms with Gasteiger partial charge in [0, 0.05) is 10.0 Å². The minimum absolute atomic E-state index is 0.221. The van der Waals surface area contributed by atoms with Crippen LogP contribution in [0.1, 0.15) is 21.5 Å². The number of carbonyl (C=O) groups is 1. The zero-order valence-electron chi connectivity index (χ0n) is 10.3. The Morgan fingerprint density at radius 2 is 2.00 bits per heavy atom. The first-order valence-electron chi connectivity index (χ1n) is 5.68. The molecular formula is C15H11BrN2O. The zero-order valence-corrected chi connectivity index (χ0v) is 11.9. The second-order valence-corrected chi connectivity index (χ2v) is 4.99. The summed E-state index contributed by atoms with van der Waals surface area (Å²) in [6.07, 6.45) is 0. The highest BCUT2D eigenvalue weighted by Crippen LogP contribution is 2.19. The standard InChI is InChI=1S/C15H11BrN2O/c1-10-6-7-12(16)8-13(10)15(19)18-14-5-3-2-4-11(14)9-17/h2-8H,1H3,(H,18,19). The molecule has 0 saturated carbocycles. The molecule has 0 bridgehead atoms. The van der Waals surface area contributed by atoms with E-state index in [1.807, 2.05) is 19.1 Å². The van der Waals surface area contributed by atoms with Crippen LogP contribution in [0.25, 0.3) is 0 Å². The first kappa shape index (κ1) is 13.3. The molecule has 0 aliphatic carbocycles. The van der Waals surface area contributed by atoms with E-state index in [0.717, 1.165) is 10.0 Å². The number of carbonyl (C=O) groups excluding carboxylic acids is 1. The summed E-state index contributed by atoms with van der Waals surface area (Å²) in [7, 11) is 0. The van der Waals surface area contributed by atoms with Gasteiger partial charge < -0.3 is 5.32 Å². The van der Waals surface area contributed by atoms with Gasteiger partial charge in [-0.2, -0.15) is 5.26 Å². The maximum Gasteiger partial charge on any atom is 0.256 e. The van der Waals surface area contributed by atoms with E-state index in [2.05, 4.69) is 27.3 Å². The van der Waals surface area contributed by atoms with E-state index in [0.29, 0.717) is 16.8 Å². The van der Waals surface area contributed by atoms with E-state index in [1.54, 1.807) is 30.3 Å². The molecule has 4 heteroatoms. The highest BCUT2D eigenvalue weighted by molar-refractivity contribution is 9.10. The predicted molar refractivity (Wildman–Crippen MR) is 78.0 cm³/mol. The average molecular weight is 315 g/mol. The summed E-state index contributed by atoms with van der Waals surface area (Å²) in [6, 6.07) is 14.5. The lowest BCUT2D eigenvalue weighted by molar-refractivity contribution is 0.102. The van der Waals surface area contributed by atoms with Crippen molar-refractivity contribution in [1.82, 2.24) is 0 Å². The topological polar surface area (TPSA) is 52.9 Å². The molecule has 1 amide bonds. The zero-order chi connectivity index (χ0) is 13.8. The lowest BCUT2D eigenvalue weighted by Gasteiger charge is -2.09. The molecular weight excluding hydrogens is 304 g/mol.